The van der Waals surface area contributed by atoms with Crippen LogP contribution in [0.4, 0.5) is 0 Å². The summed E-state index contributed by atoms with van der Waals surface area (Å²) in [7, 11) is -3.54. The van der Waals surface area contributed by atoms with Gasteiger partial charge in [-0.05, 0) is 30.9 Å². The van der Waals surface area contributed by atoms with Gasteiger partial charge in [0.05, 0.1) is 4.90 Å². The van der Waals surface area contributed by atoms with E-state index in [0.717, 1.165) is 12.8 Å². The molecule has 1 aliphatic rings. The second-order valence-electron chi connectivity index (χ2n) is 5.53. The molecule has 0 radical (unpaired) electrons. The van der Waals surface area contributed by atoms with Crippen molar-refractivity contribution in [1.82, 2.24) is 4.31 Å². The van der Waals surface area contributed by atoms with Gasteiger partial charge in [0.15, 0.2) is 0 Å². The molecule has 0 aromatic heterocycles. The van der Waals surface area contributed by atoms with Gasteiger partial charge in [0.2, 0.25) is 10.0 Å². The predicted octanol–water partition coefficient (Wildman–Crippen LogP) is 1.84. The molecule has 1 N–H and O–H groups in total. The predicted molar refractivity (Wildman–Crippen MR) is 82.2 cm³/mol. The van der Waals surface area contributed by atoms with Gasteiger partial charge in [-0.25, -0.2) is 8.42 Å². The van der Waals surface area contributed by atoms with Crippen molar-refractivity contribution in [3.05, 3.63) is 29.8 Å². The molecule has 1 saturated heterocycles. The summed E-state index contributed by atoms with van der Waals surface area (Å²) >= 11 is 0. The first-order chi connectivity index (χ1) is 9.98. The lowest BCUT2D eigenvalue weighted by atomic mass is 10.0. The SMILES string of the molecule is CC(C)C1CCCN1S(=O)(=O)c1ccccc1C#CCO. The number of aliphatic hydroxyl groups is 1. The van der Waals surface area contributed by atoms with Crippen molar-refractivity contribution in [3.8, 4) is 11.8 Å². The van der Waals surface area contributed by atoms with Crippen molar-refractivity contribution in [3.63, 3.8) is 0 Å². The molecule has 2 rings (SSSR count). The highest BCUT2D eigenvalue weighted by Crippen LogP contribution is 2.31. The molecule has 1 fully saturated rings. The third-order valence-corrected chi connectivity index (χ3v) is 5.78. The average molecular weight is 307 g/mol. The molecular formula is C16H21NO3S. The smallest absolute Gasteiger partial charge is 0.244 e. The van der Waals surface area contributed by atoms with E-state index in [9.17, 15) is 8.42 Å². The van der Waals surface area contributed by atoms with Crippen LogP contribution in [0.15, 0.2) is 29.2 Å². The monoisotopic (exact) mass is 307 g/mol. The molecule has 0 bridgehead atoms. The van der Waals surface area contributed by atoms with Gasteiger partial charge in [0.25, 0.3) is 0 Å². The number of hydrogen-bond donors (Lipinski definition) is 1. The van der Waals surface area contributed by atoms with Gasteiger partial charge in [-0.1, -0.05) is 37.8 Å². The van der Waals surface area contributed by atoms with Crippen molar-refractivity contribution >= 4 is 10.0 Å². The van der Waals surface area contributed by atoms with Crippen molar-refractivity contribution in [1.29, 1.82) is 0 Å². The van der Waals surface area contributed by atoms with E-state index < -0.39 is 10.0 Å². The summed E-state index contributed by atoms with van der Waals surface area (Å²) < 4.78 is 27.5. The van der Waals surface area contributed by atoms with Crippen LogP contribution in [0.25, 0.3) is 0 Å². The number of aliphatic hydroxyl groups excluding tert-OH is 1. The Hall–Kier alpha value is -1.35. The van der Waals surface area contributed by atoms with Crippen LogP contribution in [-0.2, 0) is 10.0 Å². The second kappa shape index (κ2) is 6.61. The van der Waals surface area contributed by atoms with Crippen LogP contribution in [0.3, 0.4) is 0 Å². The van der Waals surface area contributed by atoms with E-state index in [1.165, 1.54) is 0 Å². The summed E-state index contributed by atoms with van der Waals surface area (Å²) in [4.78, 5) is 0.235. The van der Waals surface area contributed by atoms with Crippen molar-refractivity contribution in [2.45, 2.75) is 37.6 Å². The molecular weight excluding hydrogens is 286 g/mol. The molecule has 0 saturated carbocycles. The van der Waals surface area contributed by atoms with E-state index in [1.54, 1.807) is 28.6 Å². The van der Waals surface area contributed by atoms with Crippen LogP contribution >= 0.6 is 0 Å². The molecule has 1 aliphatic heterocycles. The molecule has 5 heteroatoms. The molecule has 1 atom stereocenters. The van der Waals surface area contributed by atoms with Crippen LogP contribution in [0.5, 0.6) is 0 Å². The summed E-state index contributed by atoms with van der Waals surface area (Å²) in [6.07, 6.45) is 1.80. The number of hydrogen-bond acceptors (Lipinski definition) is 3. The molecule has 1 aromatic rings. The fourth-order valence-corrected chi connectivity index (χ4v) is 4.76. The number of rotatable bonds is 3. The first-order valence-corrected chi connectivity index (χ1v) is 8.63. The first-order valence-electron chi connectivity index (χ1n) is 7.19. The van der Waals surface area contributed by atoms with Gasteiger partial charge < -0.3 is 5.11 Å². The summed E-state index contributed by atoms with van der Waals surface area (Å²) in [6, 6.07) is 6.78. The van der Waals surface area contributed by atoms with Crippen molar-refractivity contribution in [2.24, 2.45) is 5.92 Å². The Morgan fingerprint density at radius 3 is 2.76 bits per heavy atom. The molecule has 0 amide bonds. The van der Waals surface area contributed by atoms with Crippen LogP contribution in [0.1, 0.15) is 32.3 Å². The molecule has 1 unspecified atom stereocenters. The van der Waals surface area contributed by atoms with Gasteiger partial charge in [-0.3, -0.25) is 0 Å². The maximum Gasteiger partial charge on any atom is 0.244 e. The van der Waals surface area contributed by atoms with Crippen LogP contribution in [-0.4, -0.2) is 37.0 Å². The second-order valence-corrected chi connectivity index (χ2v) is 7.38. The number of sulfonamides is 1. The summed E-state index contributed by atoms with van der Waals surface area (Å²) in [6.45, 7) is 4.38. The molecule has 4 nitrogen and oxygen atoms in total. The van der Waals surface area contributed by atoms with E-state index in [2.05, 4.69) is 25.7 Å². The van der Waals surface area contributed by atoms with Crippen LogP contribution in [0.2, 0.25) is 0 Å². The average Bonchev–Trinajstić information content (AvgIpc) is 2.96. The molecule has 0 aliphatic carbocycles. The Morgan fingerprint density at radius 1 is 1.38 bits per heavy atom. The molecule has 1 aromatic carbocycles. The lowest BCUT2D eigenvalue weighted by Gasteiger charge is -2.27. The highest BCUT2D eigenvalue weighted by Gasteiger charge is 2.37. The maximum absolute atomic E-state index is 12.9. The minimum atomic E-state index is -3.54. The summed E-state index contributed by atoms with van der Waals surface area (Å²) in [5.41, 5.74) is 0.445. The fraction of sp³-hybridized carbons (Fsp3) is 0.500. The van der Waals surface area contributed by atoms with E-state index in [-0.39, 0.29) is 23.5 Å². The normalized spacial score (nSPS) is 19.5. The van der Waals surface area contributed by atoms with Gasteiger partial charge in [0.1, 0.15) is 6.61 Å². The third-order valence-electron chi connectivity index (χ3n) is 3.79. The molecule has 114 valence electrons. The largest absolute Gasteiger partial charge is 0.384 e. The highest BCUT2D eigenvalue weighted by atomic mass is 32.2. The summed E-state index contributed by atoms with van der Waals surface area (Å²) in [5, 5.41) is 8.81. The Bertz CT molecular complexity index is 656. The zero-order chi connectivity index (χ0) is 15.5. The Kier molecular flexibility index (Phi) is 5.04. The molecule has 0 spiro atoms. The van der Waals surface area contributed by atoms with Gasteiger partial charge in [-0.2, -0.15) is 4.31 Å². The minimum absolute atomic E-state index is 0.0499. The molecule has 21 heavy (non-hydrogen) atoms. The van der Waals surface area contributed by atoms with E-state index in [4.69, 9.17) is 5.11 Å². The van der Waals surface area contributed by atoms with E-state index in [1.807, 2.05) is 0 Å². The van der Waals surface area contributed by atoms with Crippen molar-refractivity contribution < 1.29 is 13.5 Å². The van der Waals surface area contributed by atoms with E-state index in [0.29, 0.717) is 12.1 Å². The zero-order valence-corrected chi connectivity index (χ0v) is 13.2. The first kappa shape index (κ1) is 16.0. The van der Waals surface area contributed by atoms with Crippen LogP contribution < -0.4 is 0 Å². The molecule has 1 heterocycles. The Labute approximate surface area is 126 Å². The van der Waals surface area contributed by atoms with Crippen molar-refractivity contribution in [2.75, 3.05) is 13.2 Å². The highest BCUT2D eigenvalue weighted by molar-refractivity contribution is 7.89. The standard InChI is InChI=1S/C16H21NO3S/c1-13(2)15-9-5-11-17(15)21(19,20)16-10-4-3-7-14(16)8-6-12-18/h3-4,7,10,13,15,18H,5,9,11-12H2,1-2H3. The van der Waals surface area contributed by atoms with E-state index >= 15 is 0 Å². The maximum atomic E-state index is 12.9. The topological polar surface area (TPSA) is 57.6 Å². The lowest BCUT2D eigenvalue weighted by Crippen LogP contribution is -2.38. The zero-order valence-electron chi connectivity index (χ0n) is 12.4. The van der Waals surface area contributed by atoms with Gasteiger partial charge in [-0.15, -0.1) is 0 Å². The lowest BCUT2D eigenvalue weighted by molar-refractivity contribution is 0.315. The van der Waals surface area contributed by atoms with Crippen LogP contribution in [0, 0.1) is 17.8 Å². The third kappa shape index (κ3) is 3.29. The summed E-state index contributed by atoms with van der Waals surface area (Å²) in [5.74, 6) is 5.54. The quantitative estimate of drug-likeness (QED) is 0.867. The minimum Gasteiger partial charge on any atom is -0.384 e. The van der Waals surface area contributed by atoms with Gasteiger partial charge >= 0.3 is 0 Å². The number of nitrogens with zero attached hydrogens (tertiary/aromatic N) is 1. The Morgan fingerprint density at radius 2 is 2.10 bits per heavy atom. The number of benzene rings is 1. The van der Waals surface area contributed by atoms with Gasteiger partial charge in [0, 0.05) is 18.2 Å². The Balaban J connectivity index is 2.45. The fourth-order valence-electron chi connectivity index (χ4n) is 2.79.